The molecular weight excluding hydrogens is 428 g/mol. The molecule has 32 heavy (non-hydrogen) atoms. The van der Waals surface area contributed by atoms with Crippen molar-refractivity contribution in [2.75, 3.05) is 32.1 Å². The van der Waals surface area contributed by atoms with Crippen molar-refractivity contribution in [2.45, 2.75) is 24.2 Å². The molecule has 168 valence electrons. The van der Waals surface area contributed by atoms with Crippen LogP contribution in [-0.2, 0) is 14.8 Å². The molecule has 4 rings (SSSR count). The maximum atomic E-state index is 13.0. The second-order valence-corrected chi connectivity index (χ2v) is 9.58. The largest absolute Gasteiger partial charge is 0.495 e. The maximum absolute atomic E-state index is 13.0. The molecule has 0 spiro atoms. The summed E-state index contributed by atoms with van der Waals surface area (Å²) in [7, 11) is -2.16. The number of benzene rings is 3. The van der Waals surface area contributed by atoms with E-state index in [-0.39, 0.29) is 17.2 Å². The summed E-state index contributed by atoms with van der Waals surface area (Å²) in [4.78, 5) is 12.7. The van der Waals surface area contributed by atoms with Gasteiger partial charge in [0.05, 0.1) is 17.7 Å². The van der Waals surface area contributed by atoms with Crippen LogP contribution in [0.2, 0.25) is 0 Å². The molecule has 0 aromatic heterocycles. The number of hydrogen-bond donors (Lipinski definition) is 1. The first-order valence-corrected chi connectivity index (χ1v) is 12.0. The standard InChI is InChI=1S/C24H26N2O5S/c1-30-23-13-12-19(32(28,29)26-14-5-2-6-15-26)16-21(23)25-24(27)17-31-22-11-7-9-18-8-3-4-10-20(18)22/h3-4,7-13,16H,2,5-6,14-15,17H2,1H3,(H,25,27). The number of anilines is 1. The van der Waals surface area contributed by atoms with Crippen LogP contribution in [0.1, 0.15) is 19.3 Å². The summed E-state index contributed by atoms with van der Waals surface area (Å²) in [6, 6.07) is 17.9. The monoisotopic (exact) mass is 454 g/mol. The van der Waals surface area contributed by atoms with Gasteiger partial charge >= 0.3 is 0 Å². The number of fused-ring (bicyclic) bond motifs is 1. The van der Waals surface area contributed by atoms with Gasteiger partial charge in [-0.3, -0.25) is 4.79 Å². The Bertz CT molecular complexity index is 1210. The molecule has 3 aromatic rings. The molecule has 1 heterocycles. The van der Waals surface area contributed by atoms with Crippen LogP contribution in [0.5, 0.6) is 11.5 Å². The Kier molecular flexibility index (Phi) is 6.62. The second-order valence-electron chi connectivity index (χ2n) is 7.64. The van der Waals surface area contributed by atoms with E-state index in [0.29, 0.717) is 24.6 Å². The Balaban J connectivity index is 1.50. The molecule has 1 fully saturated rings. The van der Waals surface area contributed by atoms with E-state index in [1.54, 1.807) is 6.07 Å². The van der Waals surface area contributed by atoms with Gasteiger partial charge in [0.25, 0.3) is 5.91 Å². The van der Waals surface area contributed by atoms with E-state index in [9.17, 15) is 13.2 Å². The lowest BCUT2D eigenvalue weighted by atomic mass is 10.1. The highest BCUT2D eigenvalue weighted by atomic mass is 32.2. The molecule has 1 saturated heterocycles. The minimum Gasteiger partial charge on any atom is -0.495 e. The highest BCUT2D eigenvalue weighted by molar-refractivity contribution is 7.89. The van der Waals surface area contributed by atoms with Crippen molar-refractivity contribution < 1.29 is 22.7 Å². The number of sulfonamides is 1. The van der Waals surface area contributed by atoms with E-state index in [1.807, 2.05) is 42.5 Å². The number of methoxy groups -OCH3 is 1. The lowest BCUT2D eigenvalue weighted by molar-refractivity contribution is -0.118. The van der Waals surface area contributed by atoms with Gasteiger partial charge in [0.15, 0.2) is 6.61 Å². The average Bonchev–Trinajstić information content (AvgIpc) is 2.83. The number of carbonyl (C=O) groups excluding carboxylic acids is 1. The summed E-state index contributed by atoms with van der Waals surface area (Å²) >= 11 is 0. The Morgan fingerprint density at radius 1 is 0.969 bits per heavy atom. The zero-order valence-electron chi connectivity index (χ0n) is 17.9. The van der Waals surface area contributed by atoms with Crippen molar-refractivity contribution in [3.8, 4) is 11.5 Å². The highest BCUT2D eigenvalue weighted by Crippen LogP contribution is 2.30. The fourth-order valence-corrected chi connectivity index (χ4v) is 5.39. The van der Waals surface area contributed by atoms with E-state index >= 15 is 0 Å². The predicted molar refractivity (Wildman–Crippen MR) is 124 cm³/mol. The average molecular weight is 455 g/mol. The number of nitrogens with zero attached hydrogens (tertiary/aromatic N) is 1. The normalized spacial score (nSPS) is 14.8. The van der Waals surface area contributed by atoms with E-state index in [1.165, 1.54) is 23.5 Å². The van der Waals surface area contributed by atoms with Crippen molar-refractivity contribution in [3.63, 3.8) is 0 Å². The molecule has 0 bridgehead atoms. The zero-order chi connectivity index (χ0) is 22.6. The third kappa shape index (κ3) is 4.71. The van der Waals surface area contributed by atoms with Crippen LogP contribution >= 0.6 is 0 Å². The number of ether oxygens (including phenoxy) is 2. The zero-order valence-corrected chi connectivity index (χ0v) is 18.7. The van der Waals surface area contributed by atoms with Gasteiger partial charge in [-0.15, -0.1) is 0 Å². The molecule has 0 saturated carbocycles. The molecule has 7 nitrogen and oxygen atoms in total. The Labute approximate surface area is 188 Å². The van der Waals surface area contributed by atoms with Gasteiger partial charge in [0, 0.05) is 18.5 Å². The minimum atomic E-state index is -3.63. The van der Waals surface area contributed by atoms with Crippen LogP contribution in [0.15, 0.2) is 65.6 Å². The lowest BCUT2D eigenvalue weighted by Crippen LogP contribution is -2.35. The first-order chi connectivity index (χ1) is 15.5. The van der Waals surface area contributed by atoms with Crippen LogP contribution < -0.4 is 14.8 Å². The van der Waals surface area contributed by atoms with Gasteiger partial charge in [-0.2, -0.15) is 4.31 Å². The third-order valence-electron chi connectivity index (χ3n) is 5.51. The van der Waals surface area contributed by atoms with Crippen molar-refractivity contribution >= 4 is 32.4 Å². The van der Waals surface area contributed by atoms with Crippen molar-refractivity contribution in [1.29, 1.82) is 0 Å². The van der Waals surface area contributed by atoms with Crippen LogP contribution in [0, 0.1) is 0 Å². The Morgan fingerprint density at radius 3 is 2.50 bits per heavy atom. The summed E-state index contributed by atoms with van der Waals surface area (Å²) in [5, 5.41) is 4.65. The molecule has 1 N–H and O–H groups in total. The SMILES string of the molecule is COc1ccc(S(=O)(=O)N2CCCCC2)cc1NC(=O)COc1cccc2ccccc12. The van der Waals surface area contributed by atoms with Gasteiger partial charge < -0.3 is 14.8 Å². The van der Waals surface area contributed by atoms with Gasteiger partial charge in [-0.25, -0.2) is 8.42 Å². The molecule has 3 aromatic carbocycles. The van der Waals surface area contributed by atoms with Crippen LogP contribution in [0.4, 0.5) is 5.69 Å². The van der Waals surface area contributed by atoms with Crippen molar-refractivity contribution in [1.82, 2.24) is 4.31 Å². The number of rotatable bonds is 7. The summed E-state index contributed by atoms with van der Waals surface area (Å²) in [6.07, 6.45) is 2.74. The first-order valence-electron chi connectivity index (χ1n) is 10.6. The quantitative estimate of drug-likeness (QED) is 0.582. The predicted octanol–water partition coefficient (Wildman–Crippen LogP) is 4.04. The smallest absolute Gasteiger partial charge is 0.262 e. The third-order valence-corrected chi connectivity index (χ3v) is 7.40. The van der Waals surface area contributed by atoms with Crippen molar-refractivity contribution in [2.24, 2.45) is 0 Å². The Morgan fingerprint density at radius 2 is 1.72 bits per heavy atom. The van der Waals surface area contributed by atoms with E-state index in [0.717, 1.165) is 30.0 Å². The van der Waals surface area contributed by atoms with Gasteiger partial charge in [-0.1, -0.05) is 42.8 Å². The van der Waals surface area contributed by atoms with Crippen molar-refractivity contribution in [3.05, 3.63) is 60.7 Å². The highest BCUT2D eigenvalue weighted by Gasteiger charge is 2.27. The van der Waals surface area contributed by atoms with Crippen LogP contribution in [-0.4, -0.2) is 45.4 Å². The Hall–Kier alpha value is -3.10. The maximum Gasteiger partial charge on any atom is 0.262 e. The molecule has 0 atom stereocenters. The van der Waals surface area contributed by atoms with Gasteiger partial charge in [0.2, 0.25) is 10.0 Å². The lowest BCUT2D eigenvalue weighted by Gasteiger charge is -2.26. The fraction of sp³-hybridized carbons (Fsp3) is 0.292. The summed E-state index contributed by atoms with van der Waals surface area (Å²) in [5.74, 6) is 0.566. The van der Waals surface area contributed by atoms with Crippen LogP contribution in [0.25, 0.3) is 10.8 Å². The molecule has 0 radical (unpaired) electrons. The molecule has 1 amide bonds. The second kappa shape index (κ2) is 9.58. The fourth-order valence-electron chi connectivity index (χ4n) is 3.85. The molecule has 0 aliphatic carbocycles. The number of hydrogen-bond acceptors (Lipinski definition) is 5. The molecule has 1 aliphatic heterocycles. The minimum absolute atomic E-state index is 0.130. The number of piperidine rings is 1. The molecule has 0 unspecified atom stereocenters. The number of carbonyl (C=O) groups is 1. The van der Waals surface area contributed by atoms with E-state index in [4.69, 9.17) is 9.47 Å². The van der Waals surface area contributed by atoms with Gasteiger partial charge in [-0.05, 0) is 42.5 Å². The number of amides is 1. The summed E-state index contributed by atoms with van der Waals surface area (Å²) < 4.78 is 38.6. The topological polar surface area (TPSA) is 84.9 Å². The van der Waals surface area contributed by atoms with Crippen LogP contribution in [0.3, 0.4) is 0 Å². The first kappa shape index (κ1) is 22.1. The molecule has 8 heteroatoms. The van der Waals surface area contributed by atoms with Gasteiger partial charge in [0.1, 0.15) is 11.5 Å². The number of nitrogens with one attached hydrogen (secondary N) is 1. The van der Waals surface area contributed by atoms with E-state index < -0.39 is 15.9 Å². The van der Waals surface area contributed by atoms with E-state index in [2.05, 4.69) is 5.32 Å². The summed E-state index contributed by atoms with van der Waals surface area (Å²) in [6.45, 7) is 0.796. The summed E-state index contributed by atoms with van der Waals surface area (Å²) in [5.41, 5.74) is 0.289. The molecular formula is C24H26N2O5S. The molecule has 1 aliphatic rings.